The van der Waals surface area contributed by atoms with Gasteiger partial charge in [0.1, 0.15) is 5.75 Å². The molecule has 0 aliphatic carbocycles. The second kappa shape index (κ2) is 12.0. The van der Waals surface area contributed by atoms with Gasteiger partial charge in [0.15, 0.2) is 23.1 Å². The largest absolute Gasteiger partial charge is 0.493 e. The van der Waals surface area contributed by atoms with Gasteiger partial charge in [-0.25, -0.2) is 4.39 Å². The number of nitrogens with zero attached hydrogens (tertiary/aromatic N) is 1. The topological polar surface area (TPSA) is 81.7 Å². The van der Waals surface area contributed by atoms with Crippen LogP contribution in [0.4, 0.5) is 23.2 Å². The van der Waals surface area contributed by atoms with Gasteiger partial charge in [-0.3, -0.25) is 9.78 Å². The van der Waals surface area contributed by atoms with Crippen molar-refractivity contribution in [1.82, 2.24) is 10.3 Å². The smallest absolute Gasteiger partial charge is 0.416 e. The van der Waals surface area contributed by atoms with E-state index in [-0.39, 0.29) is 24.5 Å². The summed E-state index contributed by atoms with van der Waals surface area (Å²) in [6.45, 7) is 0.180. The third-order valence-electron chi connectivity index (χ3n) is 5.77. The Morgan fingerprint density at radius 1 is 0.923 bits per heavy atom. The van der Waals surface area contributed by atoms with Crippen molar-refractivity contribution in [3.05, 3.63) is 83.8 Å². The molecular formula is C28H25F4N3O4. The number of aromatic nitrogens is 1. The summed E-state index contributed by atoms with van der Waals surface area (Å²) in [5.74, 6) is 0.107. The van der Waals surface area contributed by atoms with Crippen LogP contribution in [0.15, 0.2) is 66.9 Å². The number of pyridine rings is 1. The average molecular weight is 544 g/mol. The highest BCUT2D eigenvalue weighted by atomic mass is 19.4. The minimum atomic E-state index is -4.41. The SMILES string of the molecule is COc1cc2nccc(Oc3ccc(NC(=O)CNCCc4cccc(C(F)(F)F)c4)cc3F)c2cc1OC. The Morgan fingerprint density at radius 3 is 2.41 bits per heavy atom. The van der Waals surface area contributed by atoms with Crippen molar-refractivity contribution >= 4 is 22.5 Å². The van der Waals surface area contributed by atoms with E-state index in [1.165, 1.54) is 38.6 Å². The fraction of sp³-hybridized carbons (Fsp3) is 0.214. The van der Waals surface area contributed by atoms with Gasteiger partial charge >= 0.3 is 6.18 Å². The molecule has 4 rings (SSSR count). The molecule has 0 saturated carbocycles. The molecule has 0 radical (unpaired) electrons. The molecule has 4 aromatic rings. The molecule has 1 aromatic heterocycles. The quantitative estimate of drug-likeness (QED) is 0.189. The Bertz CT molecular complexity index is 1480. The summed E-state index contributed by atoms with van der Waals surface area (Å²) in [6.07, 6.45) is -2.58. The molecule has 0 aliphatic heterocycles. The van der Waals surface area contributed by atoms with Crippen molar-refractivity contribution in [3.63, 3.8) is 0 Å². The Morgan fingerprint density at radius 2 is 1.69 bits per heavy atom. The van der Waals surface area contributed by atoms with E-state index in [0.717, 1.165) is 18.2 Å². The number of nitrogens with one attached hydrogen (secondary N) is 2. The summed E-state index contributed by atoms with van der Waals surface area (Å²) < 4.78 is 69.7. The van der Waals surface area contributed by atoms with E-state index in [1.54, 1.807) is 24.3 Å². The summed E-state index contributed by atoms with van der Waals surface area (Å²) in [5.41, 5.74) is 0.560. The zero-order valence-corrected chi connectivity index (χ0v) is 21.1. The van der Waals surface area contributed by atoms with Gasteiger partial charge in [0.05, 0.1) is 31.8 Å². The van der Waals surface area contributed by atoms with Crippen molar-refractivity contribution in [1.29, 1.82) is 0 Å². The third-order valence-corrected chi connectivity index (χ3v) is 5.77. The maximum Gasteiger partial charge on any atom is 0.416 e. The maximum atomic E-state index is 14.8. The van der Waals surface area contributed by atoms with E-state index < -0.39 is 23.5 Å². The highest BCUT2D eigenvalue weighted by Gasteiger charge is 2.30. The van der Waals surface area contributed by atoms with Crippen LogP contribution in [0.25, 0.3) is 10.9 Å². The zero-order valence-electron chi connectivity index (χ0n) is 21.1. The van der Waals surface area contributed by atoms with Gasteiger partial charge in [-0.1, -0.05) is 18.2 Å². The number of alkyl halides is 3. The van der Waals surface area contributed by atoms with Gasteiger partial charge in [0.25, 0.3) is 0 Å². The number of ether oxygens (including phenoxy) is 3. The number of carbonyl (C=O) groups excluding carboxylic acids is 1. The van der Waals surface area contributed by atoms with Gasteiger partial charge < -0.3 is 24.8 Å². The second-order valence-corrected chi connectivity index (χ2v) is 8.45. The molecule has 7 nitrogen and oxygen atoms in total. The van der Waals surface area contributed by atoms with Crippen LogP contribution in [0.5, 0.6) is 23.0 Å². The van der Waals surface area contributed by atoms with Crippen LogP contribution < -0.4 is 24.8 Å². The number of methoxy groups -OCH3 is 2. The van der Waals surface area contributed by atoms with Crippen molar-refractivity contribution in [2.24, 2.45) is 0 Å². The zero-order chi connectivity index (χ0) is 28.0. The van der Waals surface area contributed by atoms with Crippen LogP contribution in [0.3, 0.4) is 0 Å². The number of amides is 1. The molecule has 0 bridgehead atoms. The number of carbonyl (C=O) groups is 1. The van der Waals surface area contributed by atoms with Crippen molar-refractivity contribution < 1.29 is 36.6 Å². The minimum absolute atomic E-state index is 0.0607. The molecule has 0 fully saturated rings. The lowest BCUT2D eigenvalue weighted by molar-refractivity contribution is -0.137. The number of hydrogen-bond donors (Lipinski definition) is 2. The first-order valence-corrected chi connectivity index (χ1v) is 11.8. The number of rotatable bonds is 10. The molecule has 1 amide bonds. The van der Waals surface area contributed by atoms with Gasteiger partial charge in [-0.2, -0.15) is 13.2 Å². The van der Waals surface area contributed by atoms with Gasteiger partial charge in [0.2, 0.25) is 5.91 Å². The van der Waals surface area contributed by atoms with Crippen molar-refractivity contribution in [2.45, 2.75) is 12.6 Å². The Hall–Kier alpha value is -4.38. The maximum absolute atomic E-state index is 14.8. The number of fused-ring (bicyclic) bond motifs is 1. The summed E-state index contributed by atoms with van der Waals surface area (Å²) in [7, 11) is 3.01. The standard InChI is InChI=1S/C28H25F4N3O4/c1-37-25-14-20-22(15-26(25)38-2)34-11-9-23(20)39-24-7-6-19(13-21(24)29)35-27(36)16-33-10-8-17-4-3-5-18(12-17)28(30,31)32/h3-7,9,11-15,33H,8,10,16H2,1-2H3,(H,35,36). The first-order chi connectivity index (χ1) is 18.7. The molecule has 0 atom stereocenters. The first-order valence-electron chi connectivity index (χ1n) is 11.8. The molecule has 39 heavy (non-hydrogen) atoms. The first kappa shape index (κ1) is 27.6. The number of halogens is 4. The van der Waals surface area contributed by atoms with Crippen LogP contribution in [0.2, 0.25) is 0 Å². The van der Waals surface area contributed by atoms with Gasteiger partial charge in [-0.05, 0) is 48.9 Å². The molecule has 2 N–H and O–H groups in total. The Kier molecular flexibility index (Phi) is 8.50. The summed E-state index contributed by atoms with van der Waals surface area (Å²) in [4.78, 5) is 16.5. The van der Waals surface area contributed by atoms with Crippen LogP contribution in [0.1, 0.15) is 11.1 Å². The predicted molar refractivity (Wildman–Crippen MR) is 138 cm³/mol. The Balaban J connectivity index is 1.34. The highest BCUT2D eigenvalue weighted by Crippen LogP contribution is 2.37. The number of hydrogen-bond acceptors (Lipinski definition) is 6. The minimum Gasteiger partial charge on any atom is -0.493 e. The van der Waals surface area contributed by atoms with Crippen LogP contribution in [-0.4, -0.2) is 38.2 Å². The third kappa shape index (κ3) is 6.94. The van der Waals surface area contributed by atoms with E-state index in [9.17, 15) is 22.4 Å². The van der Waals surface area contributed by atoms with Crippen molar-refractivity contribution in [3.8, 4) is 23.0 Å². The number of anilines is 1. The fourth-order valence-electron chi connectivity index (χ4n) is 3.86. The lowest BCUT2D eigenvalue weighted by Gasteiger charge is -2.13. The van der Waals surface area contributed by atoms with Crippen molar-refractivity contribution in [2.75, 3.05) is 32.6 Å². The number of benzene rings is 3. The summed E-state index contributed by atoms with van der Waals surface area (Å²) >= 11 is 0. The molecule has 1 heterocycles. The molecule has 0 spiro atoms. The van der Waals surface area contributed by atoms with Gasteiger partial charge in [-0.15, -0.1) is 0 Å². The predicted octanol–water partition coefficient (Wildman–Crippen LogP) is 5.97. The van der Waals surface area contributed by atoms with Gasteiger partial charge in [0, 0.05) is 29.4 Å². The monoisotopic (exact) mass is 543 g/mol. The van der Waals surface area contributed by atoms with E-state index in [1.807, 2.05) is 0 Å². The molecule has 11 heteroatoms. The Labute approximate surface area is 221 Å². The molecule has 0 unspecified atom stereocenters. The lowest BCUT2D eigenvalue weighted by Crippen LogP contribution is -2.29. The molecule has 0 saturated heterocycles. The molecule has 204 valence electrons. The fourth-order valence-corrected chi connectivity index (χ4v) is 3.86. The van der Waals surface area contributed by atoms with Crippen LogP contribution in [0, 0.1) is 5.82 Å². The molecule has 0 aliphatic rings. The summed E-state index contributed by atoms with van der Waals surface area (Å²) in [5, 5.41) is 6.03. The highest BCUT2D eigenvalue weighted by molar-refractivity contribution is 5.92. The lowest BCUT2D eigenvalue weighted by atomic mass is 10.1. The van der Waals surface area contributed by atoms with Crippen LogP contribution in [-0.2, 0) is 17.4 Å². The van der Waals surface area contributed by atoms with E-state index in [4.69, 9.17) is 14.2 Å². The van der Waals surface area contributed by atoms with Crippen LogP contribution >= 0.6 is 0 Å². The molecule has 3 aromatic carbocycles. The average Bonchev–Trinajstić information content (AvgIpc) is 2.91. The van der Waals surface area contributed by atoms with E-state index in [2.05, 4.69) is 15.6 Å². The molecular weight excluding hydrogens is 518 g/mol. The summed E-state index contributed by atoms with van der Waals surface area (Å²) in [6, 6.07) is 14.0. The van der Waals surface area contributed by atoms with E-state index in [0.29, 0.717) is 40.1 Å². The van der Waals surface area contributed by atoms with E-state index >= 15 is 0 Å². The normalized spacial score (nSPS) is 11.3. The second-order valence-electron chi connectivity index (χ2n) is 8.45.